The van der Waals surface area contributed by atoms with Crippen molar-refractivity contribution in [2.24, 2.45) is 0 Å². The number of pyridine rings is 1. The van der Waals surface area contributed by atoms with E-state index in [1.807, 2.05) is 24.4 Å². The molecule has 57 heavy (non-hydrogen) atoms. The summed E-state index contributed by atoms with van der Waals surface area (Å²) in [6, 6.07) is 53.8. The predicted octanol–water partition coefficient (Wildman–Crippen LogP) is 12.0. The van der Waals surface area contributed by atoms with Gasteiger partial charge >= 0.3 is 21.1 Å². The molecule has 0 fully saturated rings. The van der Waals surface area contributed by atoms with Crippen LogP contribution in [0.4, 0.5) is 0 Å². The Labute approximate surface area is 345 Å². The molecule has 0 spiro atoms. The fourth-order valence-electron chi connectivity index (χ4n) is 8.89. The quantitative estimate of drug-likeness (QED) is 0.156. The Morgan fingerprint density at radius 1 is 0.579 bits per heavy atom. The van der Waals surface area contributed by atoms with Crippen LogP contribution in [0.2, 0.25) is 0 Å². The Morgan fingerprint density at radius 3 is 2.09 bits per heavy atom. The van der Waals surface area contributed by atoms with Crippen LogP contribution in [-0.2, 0) is 33.9 Å². The van der Waals surface area contributed by atoms with Gasteiger partial charge in [-0.3, -0.25) is 4.98 Å². The van der Waals surface area contributed by atoms with Gasteiger partial charge in [0.25, 0.3) is 0 Å². The van der Waals surface area contributed by atoms with Gasteiger partial charge in [0.15, 0.2) is 0 Å². The first-order chi connectivity index (χ1) is 27.6. The van der Waals surface area contributed by atoms with E-state index in [9.17, 15) is 0 Å². The predicted molar refractivity (Wildman–Crippen MR) is 226 cm³/mol. The van der Waals surface area contributed by atoms with E-state index in [1.165, 1.54) is 57.2 Å². The molecule has 0 amide bonds. The van der Waals surface area contributed by atoms with Gasteiger partial charge in [0.1, 0.15) is 5.82 Å². The molecule has 278 valence electrons. The molecule has 0 N–H and O–H groups in total. The molecular weight excluding hydrogens is 882 g/mol. The number of imidazole rings is 1. The normalized spacial score (nSPS) is 12.7. The summed E-state index contributed by atoms with van der Waals surface area (Å²) in [5, 5.41) is 4.71. The first kappa shape index (κ1) is 35.2. The number of hydrogen-bond acceptors (Lipinski definition) is 3. The molecule has 4 aromatic heterocycles. The van der Waals surface area contributed by atoms with E-state index in [0.29, 0.717) is 11.5 Å². The van der Waals surface area contributed by atoms with Crippen molar-refractivity contribution >= 4 is 43.6 Å². The van der Waals surface area contributed by atoms with Crippen LogP contribution in [0.1, 0.15) is 35.4 Å². The number of nitrogens with zero attached hydrogens (tertiary/aromatic N) is 5. The van der Waals surface area contributed by atoms with E-state index in [-0.39, 0.29) is 21.1 Å². The van der Waals surface area contributed by atoms with Gasteiger partial charge in [-0.05, 0) is 80.3 Å². The Morgan fingerprint density at radius 2 is 1.28 bits per heavy atom. The van der Waals surface area contributed by atoms with Crippen molar-refractivity contribution in [3.63, 3.8) is 0 Å². The molecule has 10 aromatic rings. The van der Waals surface area contributed by atoms with Crippen molar-refractivity contribution in [1.82, 2.24) is 23.7 Å². The Balaban J connectivity index is 0.00000396. The van der Waals surface area contributed by atoms with E-state index >= 15 is 0 Å². The number of para-hydroxylation sites is 4. The monoisotopic (exact) mass is 918 g/mol. The molecule has 0 saturated heterocycles. The maximum atomic E-state index is 6.60. The van der Waals surface area contributed by atoms with Crippen molar-refractivity contribution < 1.29 is 25.8 Å². The minimum Gasteiger partial charge on any atom is -0.503 e. The molecule has 0 atom stereocenters. The zero-order valence-corrected chi connectivity index (χ0v) is 33.8. The Bertz CT molecular complexity index is 3090. The van der Waals surface area contributed by atoms with Gasteiger partial charge in [0, 0.05) is 51.4 Å². The number of rotatable bonds is 6. The maximum Gasteiger partial charge on any atom is 2.00 e. The van der Waals surface area contributed by atoms with Gasteiger partial charge in [0.2, 0.25) is 0 Å². The van der Waals surface area contributed by atoms with Gasteiger partial charge in [0.05, 0.1) is 28.2 Å². The number of ether oxygens (including phenoxy) is 1. The molecule has 1 aliphatic rings. The van der Waals surface area contributed by atoms with Crippen LogP contribution < -0.4 is 4.74 Å². The first-order valence-corrected chi connectivity index (χ1v) is 19.4. The van der Waals surface area contributed by atoms with Crippen molar-refractivity contribution in [2.75, 3.05) is 0 Å². The van der Waals surface area contributed by atoms with Crippen molar-refractivity contribution in [3.05, 3.63) is 174 Å². The van der Waals surface area contributed by atoms with E-state index < -0.39 is 0 Å². The number of fused-ring (bicyclic) bond motifs is 7. The zero-order chi connectivity index (χ0) is 37.3. The van der Waals surface area contributed by atoms with E-state index in [4.69, 9.17) is 14.7 Å². The second kappa shape index (κ2) is 14.1. The molecule has 4 heterocycles. The number of benzene rings is 6. The van der Waals surface area contributed by atoms with Crippen LogP contribution in [0.15, 0.2) is 140 Å². The van der Waals surface area contributed by atoms with Crippen molar-refractivity contribution in [2.45, 2.75) is 39.5 Å². The van der Waals surface area contributed by atoms with Crippen LogP contribution >= 0.6 is 0 Å². The summed E-state index contributed by atoms with van der Waals surface area (Å²) in [5.41, 5.74) is 12.4. The topological polar surface area (TPSA) is 49.8 Å². The average Bonchev–Trinajstić information content (AvgIpc) is 3.91. The molecule has 0 radical (unpaired) electrons. The van der Waals surface area contributed by atoms with Crippen molar-refractivity contribution in [1.29, 1.82) is 0 Å². The third-order valence-corrected chi connectivity index (χ3v) is 11.4. The standard InChI is InChI=1S/C50H37N5O.Pt/c1-32-13-10-20-41-42-21-11-14-33(2)49(42)54(48(32)41)36-27-28-51-47(30-36)55-44-23-8-6-19-39(44)40-26-25-38(31-46(40)55)56-37-18-12-15-34(29-37)50-52-43-22-7-9-24-45(43)53(50)35-16-4-3-5-17-35;/h3-6,8,10-21,23,25-28,30H,7,9,22,24H2,1-2H3;/q-2;+2. The van der Waals surface area contributed by atoms with Crippen LogP contribution in [0.5, 0.6) is 11.5 Å². The molecule has 6 nitrogen and oxygen atoms in total. The second-order valence-corrected chi connectivity index (χ2v) is 14.8. The van der Waals surface area contributed by atoms with Gasteiger partial charge < -0.3 is 18.4 Å². The molecule has 7 heteroatoms. The summed E-state index contributed by atoms with van der Waals surface area (Å²) in [6.45, 7) is 4.38. The van der Waals surface area contributed by atoms with E-state index in [1.54, 1.807) is 0 Å². The molecule has 0 aliphatic heterocycles. The number of aromatic nitrogens is 5. The van der Waals surface area contributed by atoms with Gasteiger partial charge in [-0.15, -0.1) is 41.3 Å². The minimum atomic E-state index is 0. The summed E-state index contributed by atoms with van der Waals surface area (Å²) in [4.78, 5) is 10.2. The fraction of sp³-hybridized carbons (Fsp3) is 0.120. The SMILES string of the molecule is Cc1cccc2c3cccc(C)c3n(-c3ccnc(-n4c5[c-]c(Oc6[c-]c(-c7nc8c(n7-c7ccccc7)CCCC8)ccc6)ccc5c5ccccc54)c3)c12.[Pt+2]. The molecule has 0 saturated carbocycles. The summed E-state index contributed by atoms with van der Waals surface area (Å²) < 4.78 is 13.5. The third kappa shape index (κ3) is 5.73. The average molecular weight is 919 g/mol. The number of hydrogen-bond donors (Lipinski definition) is 0. The Hall–Kier alpha value is -6.23. The molecule has 6 aromatic carbocycles. The van der Waals surface area contributed by atoms with Gasteiger partial charge in [-0.25, -0.2) is 4.98 Å². The summed E-state index contributed by atoms with van der Waals surface area (Å²) in [7, 11) is 0. The van der Waals surface area contributed by atoms with Crippen LogP contribution in [-0.4, -0.2) is 23.7 Å². The number of aryl methyl sites for hydroxylation is 3. The van der Waals surface area contributed by atoms with Gasteiger partial charge in [-0.1, -0.05) is 84.4 Å². The van der Waals surface area contributed by atoms with E-state index in [2.05, 4.69) is 155 Å². The maximum absolute atomic E-state index is 6.60. The second-order valence-electron chi connectivity index (χ2n) is 14.8. The summed E-state index contributed by atoms with van der Waals surface area (Å²) in [5.74, 6) is 2.92. The van der Waals surface area contributed by atoms with Crippen LogP contribution in [0.25, 0.3) is 72.2 Å². The molecule has 0 bridgehead atoms. The van der Waals surface area contributed by atoms with Crippen LogP contribution in [0.3, 0.4) is 0 Å². The minimum absolute atomic E-state index is 0. The van der Waals surface area contributed by atoms with Gasteiger partial charge in [-0.2, -0.15) is 6.07 Å². The van der Waals surface area contributed by atoms with Crippen LogP contribution in [0, 0.1) is 26.0 Å². The largest absolute Gasteiger partial charge is 2.00 e. The first-order valence-electron chi connectivity index (χ1n) is 19.4. The third-order valence-electron chi connectivity index (χ3n) is 11.4. The van der Waals surface area contributed by atoms with E-state index in [0.717, 1.165) is 63.2 Å². The zero-order valence-electron chi connectivity index (χ0n) is 31.6. The Kier molecular flexibility index (Phi) is 8.68. The molecule has 1 aliphatic carbocycles. The molecule has 0 unspecified atom stereocenters. The molecular formula is C50H37N5OPt. The van der Waals surface area contributed by atoms with Crippen molar-refractivity contribution in [3.8, 4) is 40.1 Å². The molecule has 11 rings (SSSR count). The summed E-state index contributed by atoms with van der Waals surface area (Å²) >= 11 is 0. The summed E-state index contributed by atoms with van der Waals surface area (Å²) in [6.07, 6.45) is 6.27. The fourth-order valence-corrected chi connectivity index (χ4v) is 8.89. The smallest absolute Gasteiger partial charge is 0.503 e.